The Hall–Kier alpha value is -3.72. The van der Waals surface area contributed by atoms with E-state index in [0.29, 0.717) is 22.2 Å². The van der Waals surface area contributed by atoms with Gasteiger partial charge in [-0.1, -0.05) is 29.5 Å². The minimum Gasteiger partial charge on any atom is -0.497 e. The molecule has 9 heteroatoms. The van der Waals surface area contributed by atoms with Gasteiger partial charge in [-0.25, -0.2) is 4.79 Å². The number of carbonyl (C=O) groups excluding carboxylic acids is 2. The molecular weight excluding hydrogens is 408 g/mol. The number of amides is 1. The number of esters is 1. The van der Waals surface area contributed by atoms with Crippen LogP contribution < -0.4 is 15.2 Å². The molecule has 0 spiro atoms. The van der Waals surface area contributed by atoms with Crippen molar-refractivity contribution in [2.24, 2.45) is 4.99 Å². The van der Waals surface area contributed by atoms with Gasteiger partial charge in [-0.3, -0.25) is 9.59 Å². The second kappa shape index (κ2) is 7.96. The van der Waals surface area contributed by atoms with Gasteiger partial charge in [0.2, 0.25) is 0 Å². The third-order valence-corrected chi connectivity index (χ3v) is 5.51. The summed E-state index contributed by atoms with van der Waals surface area (Å²) < 4.78 is 17.5. The fourth-order valence-corrected chi connectivity index (χ4v) is 4.03. The van der Waals surface area contributed by atoms with E-state index in [-0.39, 0.29) is 16.9 Å². The van der Waals surface area contributed by atoms with Crippen molar-refractivity contribution in [3.8, 4) is 5.75 Å². The van der Waals surface area contributed by atoms with Gasteiger partial charge in [-0.05, 0) is 30.3 Å². The van der Waals surface area contributed by atoms with Crippen LogP contribution in [0.2, 0.25) is 0 Å². The summed E-state index contributed by atoms with van der Waals surface area (Å²) in [7, 11) is 2.83. The number of carbonyl (C=O) groups is 2. The molecule has 0 atom stereocenters. The molecule has 0 aliphatic heterocycles. The second-order valence-electron chi connectivity index (χ2n) is 6.28. The number of ether oxygens (including phenoxy) is 2. The van der Waals surface area contributed by atoms with Crippen LogP contribution in [-0.2, 0) is 16.1 Å². The summed E-state index contributed by atoms with van der Waals surface area (Å²) in [5.41, 5.74) is 0.107. The molecule has 2 heterocycles. The summed E-state index contributed by atoms with van der Waals surface area (Å²) in [6.45, 7) is -0.138. The van der Waals surface area contributed by atoms with E-state index in [1.165, 1.54) is 24.5 Å². The maximum atomic E-state index is 12.8. The Morgan fingerprint density at radius 1 is 1.13 bits per heavy atom. The molecular formula is C21H16N2O6S. The van der Waals surface area contributed by atoms with Crippen molar-refractivity contribution in [2.45, 2.75) is 6.54 Å². The van der Waals surface area contributed by atoms with Crippen LogP contribution in [0, 0.1) is 0 Å². The lowest BCUT2D eigenvalue weighted by Crippen LogP contribution is -2.23. The maximum Gasteiger partial charge on any atom is 0.349 e. The summed E-state index contributed by atoms with van der Waals surface area (Å²) in [5.74, 6) is -0.627. The number of benzene rings is 2. The molecule has 0 unspecified atom stereocenters. The minimum absolute atomic E-state index is 0.138. The third-order valence-electron chi connectivity index (χ3n) is 4.47. The first-order chi connectivity index (χ1) is 14.5. The molecule has 0 bridgehead atoms. The highest BCUT2D eigenvalue weighted by Crippen LogP contribution is 2.23. The molecule has 0 aliphatic rings. The second-order valence-corrected chi connectivity index (χ2v) is 7.29. The summed E-state index contributed by atoms with van der Waals surface area (Å²) in [5, 5.41) is 0.610. The quantitative estimate of drug-likeness (QED) is 0.369. The molecule has 4 aromatic rings. The lowest BCUT2D eigenvalue weighted by Gasteiger charge is -2.04. The van der Waals surface area contributed by atoms with Crippen LogP contribution in [-0.4, -0.2) is 30.7 Å². The van der Waals surface area contributed by atoms with Crippen molar-refractivity contribution in [3.63, 3.8) is 0 Å². The van der Waals surface area contributed by atoms with Gasteiger partial charge >= 0.3 is 11.6 Å². The number of hydrogen-bond acceptors (Lipinski definition) is 7. The number of aromatic nitrogens is 1. The number of thiazole rings is 1. The zero-order valence-electron chi connectivity index (χ0n) is 16.1. The average molecular weight is 424 g/mol. The Morgan fingerprint density at radius 2 is 1.93 bits per heavy atom. The highest BCUT2D eigenvalue weighted by atomic mass is 32.1. The van der Waals surface area contributed by atoms with E-state index in [1.807, 2.05) is 0 Å². The van der Waals surface area contributed by atoms with Gasteiger partial charge in [0.1, 0.15) is 23.4 Å². The van der Waals surface area contributed by atoms with Gasteiger partial charge in [-0.2, -0.15) is 4.99 Å². The van der Waals surface area contributed by atoms with E-state index in [1.54, 1.807) is 54.1 Å². The first-order valence-corrected chi connectivity index (χ1v) is 9.68. The molecule has 0 saturated carbocycles. The zero-order valence-corrected chi connectivity index (χ0v) is 16.9. The topological polar surface area (TPSA) is 100 Å². The lowest BCUT2D eigenvalue weighted by molar-refractivity contribution is -0.141. The van der Waals surface area contributed by atoms with Crippen LogP contribution in [0.25, 0.3) is 21.2 Å². The van der Waals surface area contributed by atoms with Crippen LogP contribution in [0.15, 0.2) is 62.7 Å². The van der Waals surface area contributed by atoms with Crippen LogP contribution in [0.4, 0.5) is 0 Å². The van der Waals surface area contributed by atoms with E-state index >= 15 is 0 Å². The average Bonchev–Trinajstić information content (AvgIpc) is 3.08. The molecule has 2 aromatic heterocycles. The molecule has 1 amide bonds. The largest absolute Gasteiger partial charge is 0.497 e. The van der Waals surface area contributed by atoms with E-state index in [4.69, 9.17) is 13.9 Å². The van der Waals surface area contributed by atoms with E-state index in [2.05, 4.69) is 4.99 Å². The normalized spacial score (nSPS) is 11.7. The summed E-state index contributed by atoms with van der Waals surface area (Å²) >= 11 is 1.19. The number of fused-ring (bicyclic) bond motifs is 2. The number of methoxy groups -OCH3 is 2. The van der Waals surface area contributed by atoms with Crippen molar-refractivity contribution >= 4 is 44.4 Å². The number of hydrogen-bond donors (Lipinski definition) is 0. The first-order valence-electron chi connectivity index (χ1n) is 8.86. The van der Waals surface area contributed by atoms with Crippen molar-refractivity contribution < 1.29 is 23.5 Å². The summed E-state index contributed by atoms with van der Waals surface area (Å²) in [4.78, 5) is 41.4. The molecule has 4 rings (SSSR count). The molecule has 152 valence electrons. The third kappa shape index (κ3) is 3.62. The van der Waals surface area contributed by atoms with Crippen LogP contribution in [0.1, 0.15) is 10.4 Å². The van der Waals surface area contributed by atoms with Gasteiger partial charge in [0.05, 0.1) is 24.4 Å². The van der Waals surface area contributed by atoms with Gasteiger partial charge in [0.15, 0.2) is 4.80 Å². The monoisotopic (exact) mass is 424 g/mol. The van der Waals surface area contributed by atoms with Crippen molar-refractivity contribution in [1.29, 1.82) is 0 Å². The Kier molecular flexibility index (Phi) is 5.20. The molecule has 2 aromatic carbocycles. The van der Waals surface area contributed by atoms with Crippen LogP contribution >= 0.6 is 11.3 Å². The van der Waals surface area contributed by atoms with Crippen molar-refractivity contribution in [1.82, 2.24) is 4.57 Å². The lowest BCUT2D eigenvalue weighted by atomic mass is 10.2. The predicted octanol–water partition coefficient (Wildman–Crippen LogP) is 2.73. The number of nitrogens with zero attached hydrogens (tertiary/aromatic N) is 2. The Morgan fingerprint density at radius 3 is 2.70 bits per heavy atom. The minimum atomic E-state index is -0.773. The van der Waals surface area contributed by atoms with Gasteiger partial charge in [-0.15, -0.1) is 0 Å². The summed E-state index contributed by atoms with van der Waals surface area (Å²) in [6.07, 6.45) is 0. The molecule has 0 N–H and O–H groups in total. The first kappa shape index (κ1) is 19.6. The smallest absolute Gasteiger partial charge is 0.349 e. The molecule has 30 heavy (non-hydrogen) atoms. The number of para-hydroxylation sites is 1. The highest BCUT2D eigenvalue weighted by molar-refractivity contribution is 7.16. The van der Waals surface area contributed by atoms with Crippen molar-refractivity contribution in [2.75, 3.05) is 14.2 Å². The van der Waals surface area contributed by atoms with E-state index in [0.717, 1.165) is 4.70 Å². The van der Waals surface area contributed by atoms with Gasteiger partial charge < -0.3 is 18.5 Å². The maximum absolute atomic E-state index is 12.8. The summed E-state index contributed by atoms with van der Waals surface area (Å²) in [6, 6.07) is 13.6. The van der Waals surface area contributed by atoms with Gasteiger partial charge in [0.25, 0.3) is 5.91 Å². The van der Waals surface area contributed by atoms with E-state index in [9.17, 15) is 14.4 Å². The predicted molar refractivity (Wildman–Crippen MR) is 111 cm³/mol. The standard InChI is InChI=1S/C21H16N2O6S/c1-27-13-7-8-15-17(10-13)30-21(23(15)11-18(24)28-2)22-19(25)14-9-12-5-3-4-6-16(12)29-20(14)26/h3-10H,11H2,1-2H3. The number of rotatable bonds is 4. The Labute approximate surface area is 173 Å². The zero-order chi connectivity index (χ0) is 21.3. The van der Waals surface area contributed by atoms with Crippen LogP contribution in [0.3, 0.4) is 0 Å². The SMILES string of the molecule is COC(=O)Cn1c(=NC(=O)c2cc3ccccc3oc2=O)sc2cc(OC)ccc21. The fraction of sp³-hybridized carbons (Fsp3) is 0.143. The molecule has 0 fully saturated rings. The Bertz CT molecular complexity index is 1410. The molecule has 0 saturated heterocycles. The molecule has 8 nitrogen and oxygen atoms in total. The molecule has 0 radical (unpaired) electrons. The van der Waals surface area contributed by atoms with E-state index < -0.39 is 17.5 Å². The van der Waals surface area contributed by atoms with Crippen LogP contribution in [0.5, 0.6) is 5.75 Å². The molecule has 0 aliphatic carbocycles. The Balaban J connectivity index is 1.88. The van der Waals surface area contributed by atoms with Gasteiger partial charge in [0, 0.05) is 5.39 Å². The fourth-order valence-electron chi connectivity index (χ4n) is 2.97. The highest BCUT2D eigenvalue weighted by Gasteiger charge is 2.16. The van der Waals surface area contributed by atoms with Crippen molar-refractivity contribution in [3.05, 3.63) is 69.3 Å².